The van der Waals surface area contributed by atoms with E-state index in [1.54, 1.807) is 12.1 Å². The maximum Gasteiger partial charge on any atom is 0.326 e. The molecule has 4 nitrogen and oxygen atoms in total. The molecule has 14 heavy (non-hydrogen) atoms. The Kier molecular flexibility index (Phi) is 3.50. The summed E-state index contributed by atoms with van der Waals surface area (Å²) < 4.78 is 5.29. The molecule has 1 aliphatic heterocycles. The van der Waals surface area contributed by atoms with Gasteiger partial charge < -0.3 is 4.74 Å². The fraction of sp³-hybridized carbons (Fsp3) is 0.900. The van der Waals surface area contributed by atoms with E-state index < -0.39 is 5.60 Å². The van der Waals surface area contributed by atoms with Crippen LogP contribution in [-0.4, -0.2) is 36.3 Å². The van der Waals surface area contributed by atoms with Crippen LogP contribution in [0.1, 0.15) is 33.6 Å². The summed E-state index contributed by atoms with van der Waals surface area (Å²) in [5.74, 6) is -0.195. The van der Waals surface area contributed by atoms with Crippen LogP contribution in [0.4, 0.5) is 0 Å². The molecule has 0 amide bonds. The van der Waals surface area contributed by atoms with Gasteiger partial charge in [-0.3, -0.25) is 9.63 Å². The fourth-order valence-corrected chi connectivity index (χ4v) is 1.39. The Balaban J connectivity index is 2.50. The minimum Gasteiger partial charge on any atom is -0.459 e. The SMILES string of the molecule is CN1OCCCC1C(=O)OC(C)(C)C. The van der Waals surface area contributed by atoms with Gasteiger partial charge in [0, 0.05) is 7.05 Å². The summed E-state index contributed by atoms with van der Waals surface area (Å²) in [6.45, 7) is 6.30. The molecule has 0 radical (unpaired) electrons. The highest BCUT2D eigenvalue weighted by Crippen LogP contribution is 2.17. The maximum atomic E-state index is 11.7. The number of likely N-dealkylation sites (N-methyl/N-ethyl adjacent to an activating group) is 1. The standard InChI is InChI=1S/C10H19NO3/c1-10(2,3)14-9(12)8-6-5-7-13-11(8)4/h8H,5-7H2,1-4H3. The van der Waals surface area contributed by atoms with Crippen LogP contribution >= 0.6 is 0 Å². The molecule has 1 fully saturated rings. The van der Waals surface area contributed by atoms with Gasteiger partial charge in [-0.2, -0.15) is 5.06 Å². The van der Waals surface area contributed by atoms with E-state index in [1.165, 1.54) is 0 Å². The Hall–Kier alpha value is -0.610. The molecule has 1 saturated heterocycles. The molecule has 0 N–H and O–H groups in total. The van der Waals surface area contributed by atoms with E-state index in [2.05, 4.69) is 0 Å². The van der Waals surface area contributed by atoms with Gasteiger partial charge >= 0.3 is 5.97 Å². The third kappa shape index (κ3) is 3.27. The largest absolute Gasteiger partial charge is 0.459 e. The zero-order chi connectivity index (χ0) is 10.8. The number of ether oxygens (including phenoxy) is 1. The predicted molar refractivity (Wildman–Crippen MR) is 52.6 cm³/mol. The van der Waals surface area contributed by atoms with Crippen LogP contribution in [-0.2, 0) is 14.4 Å². The van der Waals surface area contributed by atoms with Crippen LogP contribution in [0.5, 0.6) is 0 Å². The number of hydroxylamine groups is 2. The fourth-order valence-electron chi connectivity index (χ4n) is 1.39. The Morgan fingerprint density at radius 1 is 1.50 bits per heavy atom. The van der Waals surface area contributed by atoms with Crippen molar-refractivity contribution < 1.29 is 14.4 Å². The van der Waals surface area contributed by atoms with Crippen molar-refractivity contribution >= 4 is 5.97 Å². The molecular weight excluding hydrogens is 182 g/mol. The summed E-state index contributed by atoms with van der Waals surface area (Å²) in [5, 5.41) is 1.59. The van der Waals surface area contributed by atoms with E-state index in [0.29, 0.717) is 6.61 Å². The second-order valence-corrected chi connectivity index (χ2v) is 4.57. The molecule has 1 aliphatic rings. The summed E-state index contributed by atoms with van der Waals surface area (Å²) in [7, 11) is 1.77. The zero-order valence-electron chi connectivity index (χ0n) is 9.37. The molecule has 4 heteroatoms. The average Bonchev–Trinajstić information content (AvgIpc) is 2.01. The molecule has 0 spiro atoms. The van der Waals surface area contributed by atoms with Crippen LogP contribution in [0, 0.1) is 0 Å². The van der Waals surface area contributed by atoms with Crippen LogP contribution in [0.25, 0.3) is 0 Å². The highest BCUT2D eigenvalue weighted by molar-refractivity contribution is 5.76. The van der Waals surface area contributed by atoms with Crippen molar-refractivity contribution in [1.82, 2.24) is 5.06 Å². The lowest BCUT2D eigenvalue weighted by atomic mass is 10.1. The Bertz CT molecular complexity index is 210. The number of rotatable bonds is 1. The third-order valence-corrected chi connectivity index (χ3v) is 2.03. The lowest BCUT2D eigenvalue weighted by Crippen LogP contribution is -2.45. The van der Waals surface area contributed by atoms with Crippen molar-refractivity contribution in [2.75, 3.05) is 13.7 Å². The van der Waals surface area contributed by atoms with Crippen LogP contribution in [0.15, 0.2) is 0 Å². The normalized spacial score (nSPS) is 24.7. The van der Waals surface area contributed by atoms with Gasteiger partial charge in [-0.25, -0.2) is 0 Å². The van der Waals surface area contributed by atoms with Gasteiger partial charge in [-0.1, -0.05) is 0 Å². The van der Waals surface area contributed by atoms with E-state index in [9.17, 15) is 4.79 Å². The number of carbonyl (C=O) groups is 1. The first-order valence-corrected chi connectivity index (χ1v) is 4.99. The minimum absolute atomic E-state index is 0.195. The Morgan fingerprint density at radius 3 is 2.64 bits per heavy atom. The van der Waals surface area contributed by atoms with Gasteiger partial charge in [0.05, 0.1) is 6.61 Å². The van der Waals surface area contributed by atoms with Gasteiger partial charge in [-0.15, -0.1) is 0 Å². The summed E-state index contributed by atoms with van der Waals surface area (Å²) in [4.78, 5) is 16.9. The summed E-state index contributed by atoms with van der Waals surface area (Å²) in [5.41, 5.74) is -0.421. The van der Waals surface area contributed by atoms with Gasteiger partial charge in [0.1, 0.15) is 11.6 Å². The third-order valence-electron chi connectivity index (χ3n) is 2.03. The second-order valence-electron chi connectivity index (χ2n) is 4.57. The van der Waals surface area contributed by atoms with Crippen molar-refractivity contribution in [2.24, 2.45) is 0 Å². The smallest absolute Gasteiger partial charge is 0.326 e. The molecule has 0 aromatic heterocycles. The highest BCUT2D eigenvalue weighted by atomic mass is 16.7. The van der Waals surface area contributed by atoms with Crippen LogP contribution in [0.2, 0.25) is 0 Å². The van der Waals surface area contributed by atoms with Crippen molar-refractivity contribution in [1.29, 1.82) is 0 Å². The van der Waals surface area contributed by atoms with Crippen LogP contribution in [0.3, 0.4) is 0 Å². The van der Waals surface area contributed by atoms with Gasteiger partial charge in [0.25, 0.3) is 0 Å². The van der Waals surface area contributed by atoms with Gasteiger partial charge in [0.2, 0.25) is 0 Å². The minimum atomic E-state index is -0.421. The monoisotopic (exact) mass is 201 g/mol. The lowest BCUT2D eigenvalue weighted by Gasteiger charge is -2.32. The molecule has 1 unspecified atom stereocenters. The first kappa shape index (κ1) is 11.5. The summed E-state index contributed by atoms with van der Waals surface area (Å²) in [6, 6.07) is -0.247. The number of hydrogen-bond donors (Lipinski definition) is 0. The van der Waals surface area contributed by atoms with Gasteiger partial charge in [-0.05, 0) is 33.6 Å². The number of esters is 1. The molecular formula is C10H19NO3. The molecule has 0 saturated carbocycles. The van der Waals surface area contributed by atoms with Gasteiger partial charge in [0.15, 0.2) is 0 Å². The van der Waals surface area contributed by atoms with Crippen LogP contribution < -0.4 is 0 Å². The van der Waals surface area contributed by atoms with Crippen molar-refractivity contribution in [2.45, 2.75) is 45.3 Å². The highest BCUT2D eigenvalue weighted by Gasteiger charge is 2.31. The Labute approximate surface area is 85.1 Å². The maximum absolute atomic E-state index is 11.7. The number of carbonyl (C=O) groups excluding carboxylic acids is 1. The average molecular weight is 201 g/mol. The molecule has 1 rings (SSSR count). The van der Waals surface area contributed by atoms with Crippen molar-refractivity contribution in [3.63, 3.8) is 0 Å². The molecule has 1 heterocycles. The molecule has 1 atom stereocenters. The number of hydrogen-bond acceptors (Lipinski definition) is 4. The van der Waals surface area contributed by atoms with E-state index >= 15 is 0 Å². The summed E-state index contributed by atoms with van der Waals surface area (Å²) in [6.07, 6.45) is 1.72. The molecule has 0 aliphatic carbocycles. The van der Waals surface area contributed by atoms with E-state index in [0.717, 1.165) is 12.8 Å². The van der Waals surface area contributed by atoms with Crippen molar-refractivity contribution in [3.8, 4) is 0 Å². The topological polar surface area (TPSA) is 38.8 Å². The first-order chi connectivity index (χ1) is 6.40. The second kappa shape index (κ2) is 4.28. The Morgan fingerprint density at radius 2 is 2.14 bits per heavy atom. The molecule has 82 valence electrons. The quantitative estimate of drug-likeness (QED) is 0.600. The summed E-state index contributed by atoms with van der Waals surface area (Å²) >= 11 is 0. The lowest BCUT2D eigenvalue weighted by molar-refractivity contribution is -0.213. The van der Waals surface area contributed by atoms with Crippen molar-refractivity contribution in [3.05, 3.63) is 0 Å². The molecule has 0 bridgehead atoms. The van der Waals surface area contributed by atoms with E-state index in [1.807, 2.05) is 20.8 Å². The first-order valence-electron chi connectivity index (χ1n) is 4.99. The molecule has 0 aromatic carbocycles. The van der Waals surface area contributed by atoms with E-state index in [-0.39, 0.29) is 12.0 Å². The number of nitrogens with zero attached hydrogens (tertiary/aromatic N) is 1. The van der Waals surface area contributed by atoms with E-state index in [4.69, 9.17) is 9.57 Å². The zero-order valence-corrected chi connectivity index (χ0v) is 9.37. The molecule has 0 aromatic rings. The predicted octanol–water partition coefficient (Wildman–Crippen LogP) is 1.35.